The van der Waals surface area contributed by atoms with Gasteiger partial charge in [0, 0.05) is 47.0 Å². The number of alkyl halides is 1. The van der Waals surface area contributed by atoms with Crippen LogP contribution in [0.5, 0.6) is 5.75 Å². The Hall–Kier alpha value is -3.58. The zero-order chi connectivity index (χ0) is 28.1. The number of ether oxygens (including phenoxy) is 2. The van der Waals surface area contributed by atoms with Crippen LogP contribution in [-0.2, 0) is 11.2 Å². The maximum absolute atomic E-state index is 14.4. The molecule has 0 bridgehead atoms. The molecular formula is C32H32ClF2N3O2. The number of rotatable bonds is 9. The molecule has 3 unspecified atom stereocenters. The highest BCUT2D eigenvalue weighted by atomic mass is 35.5. The molecule has 4 aliphatic rings. The van der Waals surface area contributed by atoms with Crippen molar-refractivity contribution in [2.24, 2.45) is 16.8 Å². The summed E-state index contributed by atoms with van der Waals surface area (Å²) >= 11 is 6.42. The van der Waals surface area contributed by atoms with E-state index < -0.39 is 18.0 Å². The Bertz CT molecular complexity index is 1510. The Morgan fingerprint density at radius 2 is 2.12 bits per heavy atom. The molecule has 0 aromatic heterocycles. The molecule has 1 fully saturated rings. The van der Waals surface area contributed by atoms with Crippen LogP contribution >= 0.6 is 11.6 Å². The van der Waals surface area contributed by atoms with Gasteiger partial charge in [0.25, 0.3) is 0 Å². The zero-order valence-electron chi connectivity index (χ0n) is 22.6. The van der Waals surface area contributed by atoms with E-state index in [1.54, 1.807) is 13.2 Å². The van der Waals surface area contributed by atoms with Crippen molar-refractivity contribution < 1.29 is 18.3 Å². The van der Waals surface area contributed by atoms with E-state index in [4.69, 9.17) is 21.1 Å². The molecule has 208 valence electrons. The summed E-state index contributed by atoms with van der Waals surface area (Å²) in [6.07, 6.45) is 3.72. The first-order valence-electron chi connectivity index (χ1n) is 13.6. The summed E-state index contributed by atoms with van der Waals surface area (Å²) in [5, 5.41) is 7.26. The van der Waals surface area contributed by atoms with Gasteiger partial charge >= 0.3 is 0 Å². The van der Waals surface area contributed by atoms with Gasteiger partial charge in [-0.25, -0.2) is 8.78 Å². The quantitative estimate of drug-likeness (QED) is 0.341. The van der Waals surface area contributed by atoms with E-state index in [0.29, 0.717) is 48.2 Å². The van der Waals surface area contributed by atoms with Gasteiger partial charge in [0.2, 0.25) is 0 Å². The van der Waals surface area contributed by atoms with E-state index in [2.05, 4.69) is 34.9 Å². The summed E-state index contributed by atoms with van der Waals surface area (Å²) in [7, 11) is 1.59. The van der Waals surface area contributed by atoms with E-state index in [-0.39, 0.29) is 10.9 Å². The van der Waals surface area contributed by atoms with E-state index >= 15 is 0 Å². The van der Waals surface area contributed by atoms with Crippen LogP contribution in [0.25, 0.3) is 5.70 Å². The molecule has 2 N–H and O–H groups in total. The minimum atomic E-state index is -1.11. The first kappa shape index (κ1) is 26.6. The maximum atomic E-state index is 14.4. The summed E-state index contributed by atoms with van der Waals surface area (Å²) in [5.74, 6) is 1.53. The number of fused-ring (bicyclic) bond motifs is 1. The largest absolute Gasteiger partial charge is 0.494 e. The Morgan fingerprint density at radius 3 is 2.85 bits per heavy atom. The molecule has 0 saturated heterocycles. The van der Waals surface area contributed by atoms with Crippen molar-refractivity contribution in [3.05, 3.63) is 99.7 Å². The van der Waals surface area contributed by atoms with Crippen molar-refractivity contribution in [1.82, 2.24) is 10.6 Å². The van der Waals surface area contributed by atoms with E-state index in [1.165, 1.54) is 13.0 Å². The molecule has 2 aromatic carbocycles. The third-order valence-corrected chi connectivity index (χ3v) is 8.55. The van der Waals surface area contributed by atoms with Gasteiger partial charge in [-0.05, 0) is 61.1 Å². The molecule has 40 heavy (non-hydrogen) atoms. The molecule has 3 aliphatic heterocycles. The average Bonchev–Trinajstić information content (AvgIpc) is 3.57. The summed E-state index contributed by atoms with van der Waals surface area (Å²) in [6.45, 7) is 11.0. The van der Waals surface area contributed by atoms with Crippen LogP contribution < -0.4 is 15.4 Å². The first-order valence-corrected chi connectivity index (χ1v) is 14.0. The Balaban J connectivity index is 1.24. The molecule has 5 nitrogen and oxygen atoms in total. The number of dihydropyridines is 1. The highest BCUT2D eigenvalue weighted by Gasteiger charge is 2.39. The SMILES string of the molecule is C=C1COC2=C1C=C(C(CNC(=C)c1cc3c(c(OC)c1)N=C(C(C)F)C3)C1CC1)NC2c1cccc(F)c1Cl. The molecule has 3 heterocycles. The van der Waals surface area contributed by atoms with Crippen LogP contribution in [0, 0.1) is 17.7 Å². The highest BCUT2D eigenvalue weighted by molar-refractivity contribution is 6.31. The third-order valence-electron chi connectivity index (χ3n) is 8.15. The van der Waals surface area contributed by atoms with Crippen molar-refractivity contribution in [3.8, 4) is 5.75 Å². The molecule has 2 aromatic rings. The fourth-order valence-corrected chi connectivity index (χ4v) is 5.98. The van der Waals surface area contributed by atoms with E-state index in [9.17, 15) is 8.78 Å². The normalized spacial score (nSPS) is 21.0. The zero-order valence-corrected chi connectivity index (χ0v) is 23.4. The van der Waals surface area contributed by atoms with Gasteiger partial charge in [-0.2, -0.15) is 0 Å². The molecule has 0 amide bonds. The summed E-state index contributed by atoms with van der Waals surface area (Å²) < 4.78 is 40.0. The number of hydrogen-bond donors (Lipinski definition) is 2. The molecule has 1 aliphatic carbocycles. The molecule has 1 saturated carbocycles. The van der Waals surface area contributed by atoms with Gasteiger partial charge in [-0.3, -0.25) is 4.99 Å². The highest BCUT2D eigenvalue weighted by Crippen LogP contribution is 2.46. The van der Waals surface area contributed by atoms with Crippen molar-refractivity contribution in [1.29, 1.82) is 0 Å². The molecular weight excluding hydrogens is 532 g/mol. The van der Waals surface area contributed by atoms with E-state index in [1.807, 2.05) is 18.2 Å². The number of methoxy groups -OCH3 is 1. The standard InChI is InChI=1S/C32H32ClF2N3O2/c1-16-15-40-32-23(16)13-27(38-31(32)22-6-5-7-25(35)29(22)33)24(19-8-9-19)14-36-18(3)20-10-21-11-26(17(2)34)37-30(21)28(12-20)39-4/h5-7,10,12-13,17,19,24,31,36,38H,1,3,8-9,11,14-15H2,2,4H3. The van der Waals surface area contributed by atoms with Crippen LogP contribution in [-0.4, -0.2) is 32.1 Å². The minimum absolute atomic E-state index is 0.0866. The molecule has 0 spiro atoms. The Morgan fingerprint density at radius 1 is 1.32 bits per heavy atom. The van der Waals surface area contributed by atoms with E-state index in [0.717, 1.165) is 52.3 Å². The van der Waals surface area contributed by atoms with Crippen LogP contribution in [0.2, 0.25) is 5.02 Å². The van der Waals surface area contributed by atoms with Gasteiger partial charge in [-0.1, -0.05) is 36.9 Å². The second-order valence-electron chi connectivity index (χ2n) is 10.9. The molecule has 6 rings (SSSR count). The van der Waals surface area contributed by atoms with Gasteiger partial charge in [0.05, 0.1) is 17.8 Å². The van der Waals surface area contributed by atoms with Crippen molar-refractivity contribution in [3.63, 3.8) is 0 Å². The second-order valence-corrected chi connectivity index (χ2v) is 11.3. The average molecular weight is 564 g/mol. The molecule has 0 radical (unpaired) electrons. The monoisotopic (exact) mass is 563 g/mol. The minimum Gasteiger partial charge on any atom is -0.494 e. The number of nitrogens with zero attached hydrogens (tertiary/aromatic N) is 1. The number of halogens is 3. The smallest absolute Gasteiger partial charge is 0.145 e. The number of nitrogens with one attached hydrogen (secondary N) is 2. The first-order chi connectivity index (χ1) is 19.2. The van der Waals surface area contributed by atoms with Crippen LogP contribution in [0.1, 0.15) is 42.5 Å². The fraction of sp³-hybridized carbons (Fsp3) is 0.344. The summed E-state index contributed by atoms with van der Waals surface area (Å²) in [5.41, 5.74) is 7.28. The maximum Gasteiger partial charge on any atom is 0.145 e. The Kier molecular flexibility index (Phi) is 6.95. The molecule has 8 heteroatoms. The van der Waals surface area contributed by atoms with Crippen molar-refractivity contribution in [2.45, 2.75) is 38.4 Å². The topological polar surface area (TPSA) is 54.9 Å². The lowest BCUT2D eigenvalue weighted by molar-refractivity contribution is 0.228. The number of aliphatic imine (C=N–C) groups is 1. The second kappa shape index (κ2) is 10.4. The lowest BCUT2D eigenvalue weighted by atomic mass is 9.89. The lowest BCUT2D eigenvalue weighted by Gasteiger charge is -2.32. The van der Waals surface area contributed by atoms with Gasteiger partial charge in [0.15, 0.2) is 0 Å². The van der Waals surface area contributed by atoms with Crippen LogP contribution in [0.15, 0.2) is 77.2 Å². The summed E-state index contributed by atoms with van der Waals surface area (Å²) in [4.78, 5) is 4.46. The Labute approximate surface area is 238 Å². The van der Waals surface area contributed by atoms with Gasteiger partial charge < -0.3 is 20.1 Å². The predicted octanol–water partition coefficient (Wildman–Crippen LogP) is 7.13. The number of allylic oxidation sites excluding steroid dienone is 1. The predicted molar refractivity (Wildman–Crippen MR) is 155 cm³/mol. The van der Waals surface area contributed by atoms with Crippen LogP contribution in [0.3, 0.4) is 0 Å². The van der Waals surface area contributed by atoms with Crippen molar-refractivity contribution >= 4 is 28.7 Å². The van der Waals surface area contributed by atoms with Gasteiger partial charge in [-0.15, -0.1) is 0 Å². The number of hydrogen-bond acceptors (Lipinski definition) is 5. The lowest BCUT2D eigenvalue weighted by Crippen LogP contribution is -2.35. The van der Waals surface area contributed by atoms with Crippen LogP contribution in [0.4, 0.5) is 14.5 Å². The third kappa shape index (κ3) is 4.81. The number of benzene rings is 2. The molecule has 3 atom stereocenters. The summed E-state index contributed by atoms with van der Waals surface area (Å²) in [6, 6.07) is 8.35. The fourth-order valence-electron chi connectivity index (χ4n) is 5.74. The van der Waals surface area contributed by atoms with Gasteiger partial charge in [0.1, 0.15) is 41.8 Å². The van der Waals surface area contributed by atoms with Crippen molar-refractivity contribution in [2.75, 3.05) is 20.3 Å².